The van der Waals surface area contributed by atoms with E-state index in [2.05, 4.69) is 15.2 Å². The highest BCUT2D eigenvalue weighted by Gasteiger charge is 2.03. The van der Waals surface area contributed by atoms with E-state index in [0.717, 1.165) is 16.9 Å². The SMILES string of the molecule is CN(N)c1ccc(-c2ccc(-n3ccnc3)cc2)nn1. The summed E-state index contributed by atoms with van der Waals surface area (Å²) in [5.41, 5.74) is 2.87. The molecule has 2 N–H and O–H groups in total. The summed E-state index contributed by atoms with van der Waals surface area (Å²) in [6.45, 7) is 0. The van der Waals surface area contributed by atoms with Gasteiger partial charge in [0.05, 0.1) is 12.0 Å². The Morgan fingerprint density at radius 1 is 1.05 bits per heavy atom. The molecule has 2 heterocycles. The standard InChI is InChI=1S/C14H14N6/c1-19(15)14-7-6-13(17-18-14)11-2-4-12(5-3-11)20-9-8-16-10-20/h2-10H,15H2,1H3. The van der Waals surface area contributed by atoms with Crippen LogP contribution in [0.25, 0.3) is 16.9 Å². The third kappa shape index (κ3) is 2.36. The van der Waals surface area contributed by atoms with Crippen molar-refractivity contribution >= 4 is 5.82 Å². The van der Waals surface area contributed by atoms with Crippen LogP contribution in [0.5, 0.6) is 0 Å². The molecule has 0 aliphatic heterocycles. The summed E-state index contributed by atoms with van der Waals surface area (Å²) < 4.78 is 1.95. The van der Waals surface area contributed by atoms with Gasteiger partial charge in [0.2, 0.25) is 0 Å². The van der Waals surface area contributed by atoms with Gasteiger partial charge in [-0.15, -0.1) is 10.2 Å². The van der Waals surface area contributed by atoms with Gasteiger partial charge in [0.1, 0.15) is 0 Å². The summed E-state index contributed by atoms with van der Waals surface area (Å²) >= 11 is 0. The van der Waals surface area contributed by atoms with Crippen molar-refractivity contribution in [3.63, 3.8) is 0 Å². The van der Waals surface area contributed by atoms with E-state index in [1.165, 1.54) is 5.01 Å². The van der Waals surface area contributed by atoms with Gasteiger partial charge in [-0.25, -0.2) is 10.8 Å². The fraction of sp³-hybridized carbons (Fsp3) is 0.0714. The second-order valence-electron chi connectivity index (χ2n) is 4.40. The maximum absolute atomic E-state index is 5.60. The molecule has 0 atom stereocenters. The Hall–Kier alpha value is -2.73. The van der Waals surface area contributed by atoms with Gasteiger partial charge >= 0.3 is 0 Å². The highest BCUT2D eigenvalue weighted by atomic mass is 15.4. The summed E-state index contributed by atoms with van der Waals surface area (Å²) in [4.78, 5) is 4.03. The van der Waals surface area contributed by atoms with Crippen molar-refractivity contribution in [2.75, 3.05) is 12.1 Å². The van der Waals surface area contributed by atoms with Crippen LogP contribution in [0.4, 0.5) is 5.82 Å². The lowest BCUT2D eigenvalue weighted by atomic mass is 10.1. The zero-order valence-corrected chi connectivity index (χ0v) is 11.0. The average Bonchev–Trinajstić information content (AvgIpc) is 3.02. The van der Waals surface area contributed by atoms with Gasteiger partial charge in [0.15, 0.2) is 5.82 Å². The zero-order chi connectivity index (χ0) is 13.9. The molecule has 6 heteroatoms. The molecule has 0 bridgehead atoms. The quantitative estimate of drug-likeness (QED) is 0.576. The Morgan fingerprint density at radius 3 is 2.40 bits per heavy atom. The van der Waals surface area contributed by atoms with E-state index < -0.39 is 0 Å². The summed E-state index contributed by atoms with van der Waals surface area (Å²) in [5, 5.41) is 9.66. The molecule has 3 rings (SSSR count). The summed E-state index contributed by atoms with van der Waals surface area (Å²) in [5.74, 6) is 6.23. The lowest BCUT2D eigenvalue weighted by Gasteiger charge is -2.10. The van der Waals surface area contributed by atoms with Gasteiger partial charge in [-0.2, -0.15) is 0 Å². The Balaban J connectivity index is 1.87. The van der Waals surface area contributed by atoms with E-state index >= 15 is 0 Å². The second kappa shape index (κ2) is 5.10. The summed E-state index contributed by atoms with van der Waals surface area (Å²) in [6.07, 6.45) is 5.42. The van der Waals surface area contributed by atoms with Crippen molar-refractivity contribution in [1.29, 1.82) is 0 Å². The minimum atomic E-state index is 0.629. The number of hydrogen-bond acceptors (Lipinski definition) is 5. The van der Waals surface area contributed by atoms with Gasteiger partial charge in [-0.05, 0) is 24.3 Å². The van der Waals surface area contributed by atoms with Crippen molar-refractivity contribution in [2.24, 2.45) is 5.84 Å². The Kier molecular flexibility index (Phi) is 3.14. The predicted octanol–water partition coefficient (Wildman–Crippen LogP) is 1.64. The molecular weight excluding hydrogens is 252 g/mol. The molecule has 0 radical (unpaired) electrons. The summed E-state index contributed by atoms with van der Waals surface area (Å²) in [7, 11) is 1.73. The number of aromatic nitrogens is 4. The molecule has 2 aromatic heterocycles. The first-order chi connectivity index (χ1) is 9.74. The highest BCUT2D eigenvalue weighted by molar-refractivity contribution is 5.61. The van der Waals surface area contributed by atoms with E-state index in [0.29, 0.717) is 5.82 Å². The van der Waals surface area contributed by atoms with E-state index in [4.69, 9.17) is 5.84 Å². The largest absolute Gasteiger partial charge is 0.306 e. The smallest absolute Gasteiger partial charge is 0.164 e. The number of benzene rings is 1. The molecule has 3 aromatic rings. The first-order valence-corrected chi connectivity index (χ1v) is 6.15. The first-order valence-electron chi connectivity index (χ1n) is 6.15. The molecule has 0 amide bonds. The van der Waals surface area contributed by atoms with Crippen molar-refractivity contribution < 1.29 is 0 Å². The molecule has 100 valence electrons. The van der Waals surface area contributed by atoms with Crippen LogP contribution in [0.3, 0.4) is 0 Å². The average molecular weight is 266 g/mol. The predicted molar refractivity (Wildman–Crippen MR) is 77.2 cm³/mol. The molecule has 0 aliphatic carbocycles. The molecule has 0 spiro atoms. The first kappa shape index (κ1) is 12.3. The molecule has 0 fully saturated rings. The fourth-order valence-corrected chi connectivity index (χ4v) is 1.88. The third-order valence-corrected chi connectivity index (χ3v) is 2.98. The lowest BCUT2D eigenvalue weighted by molar-refractivity contribution is 0.921. The van der Waals surface area contributed by atoms with Crippen LogP contribution in [-0.4, -0.2) is 26.8 Å². The van der Waals surface area contributed by atoms with Crippen molar-refractivity contribution in [1.82, 2.24) is 19.7 Å². The Morgan fingerprint density at radius 2 is 1.85 bits per heavy atom. The number of hydrazine groups is 1. The lowest BCUT2D eigenvalue weighted by Crippen LogP contribution is -2.26. The summed E-state index contributed by atoms with van der Waals surface area (Å²) in [6, 6.07) is 11.8. The topological polar surface area (TPSA) is 72.9 Å². The second-order valence-corrected chi connectivity index (χ2v) is 4.40. The number of hydrogen-bond donors (Lipinski definition) is 1. The highest BCUT2D eigenvalue weighted by Crippen LogP contribution is 2.19. The van der Waals surface area contributed by atoms with Crippen LogP contribution in [0.1, 0.15) is 0 Å². The van der Waals surface area contributed by atoms with Crippen LogP contribution in [0.15, 0.2) is 55.1 Å². The molecule has 1 aromatic carbocycles. The molecule has 0 saturated heterocycles. The van der Waals surface area contributed by atoms with E-state index in [1.54, 1.807) is 19.6 Å². The Labute approximate surface area is 116 Å². The van der Waals surface area contributed by atoms with Crippen molar-refractivity contribution in [3.8, 4) is 16.9 Å². The van der Waals surface area contributed by atoms with Gasteiger partial charge < -0.3 is 4.57 Å². The fourth-order valence-electron chi connectivity index (χ4n) is 1.88. The van der Waals surface area contributed by atoms with Gasteiger partial charge in [0.25, 0.3) is 0 Å². The van der Waals surface area contributed by atoms with Crippen molar-refractivity contribution in [3.05, 3.63) is 55.1 Å². The Bertz CT molecular complexity index is 671. The minimum Gasteiger partial charge on any atom is -0.306 e. The number of imidazole rings is 1. The molecule has 0 saturated carbocycles. The number of anilines is 1. The van der Waals surface area contributed by atoms with Crippen LogP contribution >= 0.6 is 0 Å². The molecule has 20 heavy (non-hydrogen) atoms. The maximum atomic E-state index is 5.60. The van der Waals surface area contributed by atoms with Gasteiger partial charge in [-0.1, -0.05) is 12.1 Å². The number of nitrogens with two attached hydrogens (primary N) is 1. The molecular formula is C14H14N6. The van der Waals surface area contributed by atoms with Crippen LogP contribution in [0, 0.1) is 0 Å². The van der Waals surface area contributed by atoms with Gasteiger partial charge in [-0.3, -0.25) is 5.01 Å². The van der Waals surface area contributed by atoms with Crippen LogP contribution in [0.2, 0.25) is 0 Å². The number of rotatable bonds is 3. The van der Waals surface area contributed by atoms with E-state index in [1.807, 2.05) is 47.2 Å². The van der Waals surface area contributed by atoms with Gasteiger partial charge in [0, 0.05) is 30.7 Å². The van der Waals surface area contributed by atoms with Crippen molar-refractivity contribution in [2.45, 2.75) is 0 Å². The van der Waals surface area contributed by atoms with Crippen LogP contribution < -0.4 is 10.9 Å². The molecule has 0 aliphatic rings. The third-order valence-electron chi connectivity index (χ3n) is 2.98. The maximum Gasteiger partial charge on any atom is 0.164 e. The monoisotopic (exact) mass is 266 g/mol. The minimum absolute atomic E-state index is 0.629. The normalized spacial score (nSPS) is 10.5. The zero-order valence-electron chi connectivity index (χ0n) is 11.0. The van der Waals surface area contributed by atoms with Crippen LogP contribution in [-0.2, 0) is 0 Å². The number of nitrogens with zero attached hydrogens (tertiary/aromatic N) is 5. The molecule has 6 nitrogen and oxygen atoms in total. The van der Waals surface area contributed by atoms with E-state index in [-0.39, 0.29) is 0 Å². The molecule has 0 unspecified atom stereocenters. The van der Waals surface area contributed by atoms with E-state index in [9.17, 15) is 0 Å².